The molecule has 2 N–H and O–H groups in total. The molecule has 9 heteroatoms. The fraction of sp³-hybridized carbons (Fsp3) is 0.706. The van der Waals surface area contributed by atoms with E-state index in [9.17, 15) is 27.9 Å². The number of carboxylic acid groups (broad SMARTS) is 1. The number of carboxylic acids is 1. The van der Waals surface area contributed by atoms with Gasteiger partial charge in [-0.25, -0.2) is 4.79 Å². The molecular weight excluding hydrogens is 351 g/mol. The van der Waals surface area contributed by atoms with E-state index < -0.39 is 30.1 Å². The van der Waals surface area contributed by atoms with Crippen molar-refractivity contribution < 1.29 is 27.9 Å². The number of hydrogen-bond acceptors (Lipinski definition) is 3. The van der Waals surface area contributed by atoms with Crippen molar-refractivity contribution in [2.24, 2.45) is 0 Å². The van der Waals surface area contributed by atoms with Crippen LogP contribution in [-0.4, -0.2) is 38.5 Å². The van der Waals surface area contributed by atoms with Crippen LogP contribution < -0.4 is 5.32 Å². The lowest BCUT2D eigenvalue weighted by Gasteiger charge is -2.29. The molecule has 0 atom stereocenters. The number of hydrogen-bond donors (Lipinski definition) is 2. The summed E-state index contributed by atoms with van der Waals surface area (Å²) in [7, 11) is 0. The van der Waals surface area contributed by atoms with Gasteiger partial charge >= 0.3 is 12.1 Å². The van der Waals surface area contributed by atoms with E-state index >= 15 is 0 Å². The van der Waals surface area contributed by atoms with E-state index in [2.05, 4.69) is 10.4 Å². The number of halogens is 3. The molecular formula is C17H24F3N3O3. The van der Waals surface area contributed by atoms with Gasteiger partial charge in [0, 0.05) is 11.3 Å². The molecule has 2 rings (SSSR count). The van der Waals surface area contributed by atoms with Crippen LogP contribution in [0.2, 0.25) is 0 Å². The van der Waals surface area contributed by atoms with E-state index in [1.165, 1.54) is 6.92 Å². The van der Waals surface area contributed by atoms with Gasteiger partial charge in [0.1, 0.15) is 12.1 Å². The first-order valence-corrected chi connectivity index (χ1v) is 8.68. The number of rotatable bonds is 5. The molecule has 6 nitrogen and oxygen atoms in total. The van der Waals surface area contributed by atoms with Crippen molar-refractivity contribution in [2.45, 2.75) is 77.1 Å². The predicted molar refractivity (Wildman–Crippen MR) is 87.7 cm³/mol. The molecule has 1 heterocycles. The summed E-state index contributed by atoms with van der Waals surface area (Å²) >= 11 is 0. The van der Waals surface area contributed by atoms with Crippen LogP contribution >= 0.6 is 0 Å². The van der Waals surface area contributed by atoms with Crippen LogP contribution in [0.25, 0.3) is 0 Å². The Balaban J connectivity index is 2.15. The van der Waals surface area contributed by atoms with Crippen LogP contribution in [0.5, 0.6) is 0 Å². The second-order valence-corrected chi connectivity index (χ2v) is 6.95. The topological polar surface area (TPSA) is 84.2 Å². The van der Waals surface area contributed by atoms with Crippen molar-refractivity contribution in [2.75, 3.05) is 0 Å². The van der Waals surface area contributed by atoms with Gasteiger partial charge in [0.05, 0.1) is 12.1 Å². The Kier molecular flexibility index (Phi) is 5.98. The van der Waals surface area contributed by atoms with Crippen LogP contribution in [0.4, 0.5) is 13.2 Å². The zero-order valence-electron chi connectivity index (χ0n) is 14.9. The number of aliphatic carboxylic acids is 1. The Morgan fingerprint density at radius 2 is 1.77 bits per heavy atom. The first-order chi connectivity index (χ1) is 12.0. The molecule has 0 radical (unpaired) electrons. The average molecular weight is 375 g/mol. The summed E-state index contributed by atoms with van der Waals surface area (Å²) in [4.78, 5) is 24.2. The lowest BCUT2D eigenvalue weighted by molar-refractivity contribution is -0.148. The Morgan fingerprint density at radius 3 is 2.27 bits per heavy atom. The molecule has 0 spiro atoms. The maximum absolute atomic E-state index is 12.6. The van der Waals surface area contributed by atoms with Gasteiger partial charge in [-0.05, 0) is 26.7 Å². The third-order valence-corrected chi connectivity index (χ3v) is 4.94. The Labute approximate surface area is 149 Å². The molecule has 0 unspecified atom stereocenters. The largest absolute Gasteiger partial charge is 0.480 e. The molecule has 1 aliphatic rings. The average Bonchev–Trinajstić information content (AvgIpc) is 2.70. The molecule has 1 amide bonds. The Bertz CT molecular complexity index is 675. The highest BCUT2D eigenvalue weighted by Crippen LogP contribution is 2.28. The van der Waals surface area contributed by atoms with Crippen LogP contribution in [0, 0.1) is 13.8 Å². The van der Waals surface area contributed by atoms with Crippen molar-refractivity contribution in [3.05, 3.63) is 17.0 Å². The van der Waals surface area contributed by atoms with E-state index in [0.29, 0.717) is 36.9 Å². The van der Waals surface area contributed by atoms with Gasteiger partial charge in [0.15, 0.2) is 0 Å². The summed E-state index contributed by atoms with van der Waals surface area (Å²) in [5.41, 5.74) is -0.287. The Hall–Kier alpha value is -2.06. The van der Waals surface area contributed by atoms with E-state index in [1.54, 1.807) is 6.92 Å². The molecule has 1 aromatic heterocycles. The standard InChI is InChI=1S/C17H24F3N3O3/c1-11-13(12(2)23(22-11)10-17(18,19)20)9-14(24)21-16(15(25)26)7-5-3-4-6-8-16/h3-10H2,1-2H3,(H,21,24)(H,25,26). The minimum absolute atomic E-state index is 0.190. The highest BCUT2D eigenvalue weighted by atomic mass is 19.4. The minimum Gasteiger partial charge on any atom is -0.480 e. The predicted octanol–water partition coefficient (Wildman–Crippen LogP) is 2.90. The number of amides is 1. The molecule has 1 aromatic rings. The van der Waals surface area contributed by atoms with E-state index in [1.807, 2.05) is 0 Å². The van der Waals surface area contributed by atoms with Crippen molar-refractivity contribution in [3.63, 3.8) is 0 Å². The van der Waals surface area contributed by atoms with Crippen molar-refractivity contribution >= 4 is 11.9 Å². The summed E-state index contributed by atoms with van der Waals surface area (Å²) in [5, 5.41) is 16.1. The number of carbonyl (C=O) groups excluding carboxylic acids is 1. The number of nitrogens with one attached hydrogen (secondary N) is 1. The summed E-state index contributed by atoms with van der Waals surface area (Å²) in [6.07, 6.45) is -0.595. The fourth-order valence-corrected chi connectivity index (χ4v) is 3.51. The number of aryl methyl sites for hydroxylation is 1. The molecule has 0 bridgehead atoms. The number of alkyl halides is 3. The molecule has 0 aliphatic heterocycles. The van der Waals surface area contributed by atoms with Gasteiger partial charge in [-0.1, -0.05) is 25.7 Å². The van der Waals surface area contributed by atoms with Crippen molar-refractivity contribution in [1.29, 1.82) is 0 Å². The maximum atomic E-state index is 12.6. The van der Waals surface area contributed by atoms with Crippen LogP contribution in [0.1, 0.15) is 55.5 Å². The second-order valence-electron chi connectivity index (χ2n) is 6.95. The Morgan fingerprint density at radius 1 is 1.19 bits per heavy atom. The normalized spacial score (nSPS) is 17.6. The highest BCUT2D eigenvalue weighted by Gasteiger charge is 2.40. The monoisotopic (exact) mass is 375 g/mol. The van der Waals surface area contributed by atoms with E-state index in [0.717, 1.165) is 17.5 Å². The summed E-state index contributed by atoms with van der Waals surface area (Å²) in [5.74, 6) is -1.57. The van der Waals surface area contributed by atoms with Crippen LogP contribution in [0.15, 0.2) is 0 Å². The van der Waals surface area contributed by atoms with E-state index in [-0.39, 0.29) is 12.1 Å². The quantitative estimate of drug-likeness (QED) is 0.775. The number of aromatic nitrogens is 2. The zero-order valence-corrected chi connectivity index (χ0v) is 14.9. The second kappa shape index (κ2) is 7.67. The zero-order chi connectivity index (χ0) is 19.5. The van der Waals surface area contributed by atoms with Crippen molar-refractivity contribution in [1.82, 2.24) is 15.1 Å². The molecule has 0 saturated heterocycles. The fourth-order valence-electron chi connectivity index (χ4n) is 3.51. The molecule has 146 valence electrons. The van der Waals surface area contributed by atoms with Gasteiger partial charge in [0.25, 0.3) is 0 Å². The van der Waals surface area contributed by atoms with Crippen LogP contribution in [0.3, 0.4) is 0 Å². The highest BCUT2D eigenvalue weighted by molar-refractivity contribution is 5.88. The summed E-state index contributed by atoms with van der Waals surface area (Å²) in [6, 6.07) is 0. The van der Waals surface area contributed by atoms with E-state index in [4.69, 9.17) is 0 Å². The summed E-state index contributed by atoms with van der Waals surface area (Å²) in [6.45, 7) is 1.80. The molecule has 1 fully saturated rings. The van der Waals surface area contributed by atoms with Gasteiger partial charge in [-0.3, -0.25) is 9.48 Å². The maximum Gasteiger partial charge on any atom is 0.408 e. The number of nitrogens with zero attached hydrogens (tertiary/aromatic N) is 2. The van der Waals surface area contributed by atoms with Gasteiger partial charge < -0.3 is 10.4 Å². The molecule has 1 saturated carbocycles. The lowest BCUT2D eigenvalue weighted by atomic mass is 9.90. The third-order valence-electron chi connectivity index (χ3n) is 4.94. The van der Waals surface area contributed by atoms with Gasteiger partial charge in [-0.15, -0.1) is 0 Å². The third kappa shape index (κ3) is 4.76. The molecule has 1 aliphatic carbocycles. The smallest absolute Gasteiger partial charge is 0.408 e. The molecule has 0 aromatic carbocycles. The van der Waals surface area contributed by atoms with Gasteiger partial charge in [-0.2, -0.15) is 18.3 Å². The lowest BCUT2D eigenvalue weighted by Crippen LogP contribution is -2.54. The summed E-state index contributed by atoms with van der Waals surface area (Å²) < 4.78 is 38.6. The first-order valence-electron chi connectivity index (χ1n) is 8.68. The van der Waals surface area contributed by atoms with Crippen molar-refractivity contribution in [3.8, 4) is 0 Å². The van der Waals surface area contributed by atoms with Crippen LogP contribution in [-0.2, 0) is 22.6 Å². The SMILES string of the molecule is Cc1nn(CC(F)(F)F)c(C)c1CC(=O)NC1(C(=O)O)CCCCCC1. The van der Waals surface area contributed by atoms with Gasteiger partial charge in [0.2, 0.25) is 5.91 Å². The first kappa shape index (κ1) is 20.3. The minimum atomic E-state index is -4.41. The number of carbonyl (C=O) groups is 2. The molecule has 26 heavy (non-hydrogen) atoms.